The van der Waals surface area contributed by atoms with E-state index in [4.69, 9.17) is 0 Å². The van der Waals surface area contributed by atoms with Crippen molar-refractivity contribution in [3.63, 3.8) is 0 Å². The molecular weight excluding hydrogens is 400 g/mol. The van der Waals surface area contributed by atoms with E-state index in [0.29, 0.717) is 0 Å². The Morgan fingerprint density at radius 2 is 1.88 bits per heavy atom. The molecule has 2 aromatic rings. The summed E-state index contributed by atoms with van der Waals surface area (Å²) in [5.74, 6) is 0.748. The largest absolute Gasteiger partial charge is 0.306 e. The third-order valence-electron chi connectivity index (χ3n) is 6.71. The summed E-state index contributed by atoms with van der Waals surface area (Å²) in [6.07, 6.45) is 18.6. The molecule has 0 amide bonds. The van der Waals surface area contributed by atoms with E-state index in [2.05, 4.69) is 98.9 Å². The monoisotopic (exact) mass is 438 g/mol. The van der Waals surface area contributed by atoms with Gasteiger partial charge >= 0.3 is 0 Å². The second-order valence-electron chi connectivity index (χ2n) is 9.06. The lowest BCUT2D eigenvalue weighted by Gasteiger charge is -2.27. The van der Waals surface area contributed by atoms with Crippen LogP contribution in [0.2, 0.25) is 0 Å². The van der Waals surface area contributed by atoms with E-state index in [0.717, 1.165) is 35.6 Å². The molecule has 2 heteroatoms. The Kier molecular flexibility index (Phi) is 9.73. The van der Waals surface area contributed by atoms with Crippen LogP contribution in [-0.2, 0) is 0 Å². The van der Waals surface area contributed by atoms with Gasteiger partial charge in [0.05, 0.1) is 17.7 Å². The summed E-state index contributed by atoms with van der Waals surface area (Å²) in [6, 6.07) is 17.2. The maximum absolute atomic E-state index is 9.80. The fourth-order valence-electron chi connectivity index (χ4n) is 4.78. The van der Waals surface area contributed by atoms with Crippen LogP contribution in [0.5, 0.6) is 0 Å². The van der Waals surface area contributed by atoms with Crippen molar-refractivity contribution in [2.75, 3.05) is 6.54 Å². The van der Waals surface area contributed by atoms with Gasteiger partial charge in [-0.05, 0) is 80.0 Å². The number of allylic oxidation sites excluding steroid dienone is 4. The van der Waals surface area contributed by atoms with Crippen LogP contribution < -0.4 is 5.32 Å². The van der Waals surface area contributed by atoms with E-state index < -0.39 is 0 Å². The molecule has 1 aliphatic rings. The summed E-state index contributed by atoms with van der Waals surface area (Å²) < 4.78 is 0. The van der Waals surface area contributed by atoms with Crippen LogP contribution in [0.15, 0.2) is 78.4 Å². The van der Waals surface area contributed by atoms with Crippen molar-refractivity contribution in [3.8, 4) is 17.2 Å². The summed E-state index contributed by atoms with van der Waals surface area (Å²) in [5.41, 5.74) is 6.52. The van der Waals surface area contributed by atoms with Gasteiger partial charge in [0.25, 0.3) is 0 Å². The molecule has 0 radical (unpaired) electrons. The minimum atomic E-state index is 0.0960. The summed E-state index contributed by atoms with van der Waals surface area (Å²) in [4.78, 5) is 0. The van der Waals surface area contributed by atoms with Crippen LogP contribution in [-0.4, -0.2) is 6.54 Å². The number of nitriles is 1. The zero-order valence-electron chi connectivity index (χ0n) is 20.5. The SMILES string of the molecule is C\C=C(/C=C\C=C\CC)C(NCC1CCCCC1)c1ccc(C#N)c(-c2ccccc2C)c1. The Balaban J connectivity index is 1.98. The van der Waals surface area contributed by atoms with Gasteiger partial charge in [0.15, 0.2) is 0 Å². The number of aryl methyl sites for hydroxylation is 1. The van der Waals surface area contributed by atoms with E-state index >= 15 is 0 Å². The zero-order chi connectivity index (χ0) is 23.5. The molecule has 172 valence electrons. The Morgan fingerprint density at radius 3 is 2.58 bits per heavy atom. The number of nitrogens with zero attached hydrogens (tertiary/aromatic N) is 1. The van der Waals surface area contributed by atoms with Gasteiger partial charge < -0.3 is 5.32 Å². The molecule has 3 rings (SSSR count). The Labute approximate surface area is 200 Å². The Bertz CT molecular complexity index is 1030. The summed E-state index contributed by atoms with van der Waals surface area (Å²) >= 11 is 0. The molecule has 1 atom stereocenters. The quantitative estimate of drug-likeness (QED) is 0.400. The first-order valence-electron chi connectivity index (χ1n) is 12.5. The topological polar surface area (TPSA) is 35.8 Å². The Hall–Kier alpha value is -2.89. The zero-order valence-corrected chi connectivity index (χ0v) is 20.5. The molecule has 1 aliphatic carbocycles. The maximum Gasteiger partial charge on any atom is 0.0998 e. The molecule has 0 heterocycles. The van der Waals surface area contributed by atoms with Crippen LogP contribution in [0.4, 0.5) is 0 Å². The molecule has 1 unspecified atom stereocenters. The number of hydrogen-bond donors (Lipinski definition) is 1. The van der Waals surface area contributed by atoms with E-state index in [-0.39, 0.29) is 6.04 Å². The molecule has 0 saturated heterocycles. The molecule has 0 spiro atoms. The van der Waals surface area contributed by atoms with E-state index in [1.54, 1.807) is 0 Å². The first-order chi connectivity index (χ1) is 16.2. The first kappa shape index (κ1) is 24.7. The van der Waals surface area contributed by atoms with Gasteiger partial charge in [-0.25, -0.2) is 0 Å². The van der Waals surface area contributed by atoms with Crippen molar-refractivity contribution < 1.29 is 0 Å². The second-order valence-corrected chi connectivity index (χ2v) is 9.06. The van der Waals surface area contributed by atoms with Crippen molar-refractivity contribution in [2.45, 2.75) is 65.3 Å². The fourth-order valence-corrected chi connectivity index (χ4v) is 4.78. The third kappa shape index (κ3) is 6.80. The predicted octanol–water partition coefficient (Wildman–Crippen LogP) is 8.21. The number of hydrogen-bond acceptors (Lipinski definition) is 2. The van der Waals surface area contributed by atoms with Gasteiger partial charge in [-0.3, -0.25) is 0 Å². The first-order valence-corrected chi connectivity index (χ1v) is 12.5. The van der Waals surface area contributed by atoms with Crippen LogP contribution in [0.3, 0.4) is 0 Å². The lowest BCUT2D eigenvalue weighted by atomic mass is 9.87. The molecule has 33 heavy (non-hydrogen) atoms. The van der Waals surface area contributed by atoms with Gasteiger partial charge in [0.2, 0.25) is 0 Å². The van der Waals surface area contributed by atoms with E-state index in [1.807, 2.05) is 6.07 Å². The fraction of sp³-hybridized carbons (Fsp3) is 0.387. The normalized spacial score (nSPS) is 16.4. The number of rotatable bonds is 9. The van der Waals surface area contributed by atoms with E-state index in [1.165, 1.54) is 48.8 Å². The lowest BCUT2D eigenvalue weighted by molar-refractivity contribution is 0.335. The molecule has 2 aromatic carbocycles. The molecule has 1 saturated carbocycles. The summed E-state index contributed by atoms with van der Waals surface area (Å²) in [5, 5.41) is 13.7. The molecule has 0 aliphatic heterocycles. The van der Waals surface area contributed by atoms with Gasteiger partial charge in [-0.15, -0.1) is 0 Å². The smallest absolute Gasteiger partial charge is 0.0998 e. The van der Waals surface area contributed by atoms with Gasteiger partial charge in [-0.2, -0.15) is 5.26 Å². The van der Waals surface area contributed by atoms with Crippen molar-refractivity contribution in [1.29, 1.82) is 5.26 Å². The highest BCUT2D eigenvalue weighted by atomic mass is 14.9. The standard InChI is InChI=1S/C31H38N2/c1-4-6-7-11-17-26(5-2)31(33-23-25-15-9-8-10-16-25)27-19-20-28(22-32)30(21-27)29-18-13-12-14-24(29)3/h5-7,11-14,17-21,25,31,33H,4,8-10,15-16,23H2,1-3H3/b7-6+,17-11-,26-5+. The minimum Gasteiger partial charge on any atom is -0.306 e. The van der Waals surface area contributed by atoms with Crippen molar-refractivity contribution in [3.05, 3.63) is 95.1 Å². The molecule has 0 aromatic heterocycles. The lowest BCUT2D eigenvalue weighted by Crippen LogP contribution is -2.29. The Morgan fingerprint density at radius 1 is 1.09 bits per heavy atom. The minimum absolute atomic E-state index is 0.0960. The number of benzene rings is 2. The van der Waals surface area contributed by atoms with Gasteiger partial charge in [0.1, 0.15) is 0 Å². The van der Waals surface area contributed by atoms with Crippen molar-refractivity contribution >= 4 is 0 Å². The highest BCUT2D eigenvalue weighted by Gasteiger charge is 2.20. The molecule has 0 bridgehead atoms. The van der Waals surface area contributed by atoms with Crippen LogP contribution in [0.1, 0.15) is 75.1 Å². The maximum atomic E-state index is 9.80. The highest BCUT2D eigenvalue weighted by Crippen LogP contribution is 2.32. The molecule has 1 N–H and O–H groups in total. The second kappa shape index (κ2) is 13.0. The van der Waals surface area contributed by atoms with Crippen LogP contribution in [0.25, 0.3) is 11.1 Å². The average Bonchev–Trinajstić information content (AvgIpc) is 2.86. The van der Waals surface area contributed by atoms with Crippen molar-refractivity contribution in [2.24, 2.45) is 5.92 Å². The third-order valence-corrected chi connectivity index (χ3v) is 6.71. The average molecular weight is 439 g/mol. The van der Waals surface area contributed by atoms with Gasteiger partial charge in [-0.1, -0.05) is 86.9 Å². The van der Waals surface area contributed by atoms with Crippen LogP contribution in [0, 0.1) is 24.2 Å². The summed E-state index contributed by atoms with van der Waals surface area (Å²) in [6.45, 7) is 7.41. The number of nitrogens with one attached hydrogen (secondary N) is 1. The van der Waals surface area contributed by atoms with E-state index in [9.17, 15) is 5.26 Å². The van der Waals surface area contributed by atoms with Gasteiger partial charge in [0, 0.05) is 5.56 Å². The highest BCUT2D eigenvalue weighted by molar-refractivity contribution is 5.74. The molecular formula is C31H38N2. The molecule has 2 nitrogen and oxygen atoms in total. The summed E-state index contributed by atoms with van der Waals surface area (Å²) in [7, 11) is 0. The van der Waals surface area contributed by atoms with Crippen molar-refractivity contribution in [1.82, 2.24) is 5.32 Å². The molecule has 1 fully saturated rings. The van der Waals surface area contributed by atoms with Crippen LogP contribution >= 0.6 is 0 Å². The predicted molar refractivity (Wildman–Crippen MR) is 141 cm³/mol.